The lowest BCUT2D eigenvalue weighted by Gasteiger charge is -2.17. The van der Waals surface area contributed by atoms with E-state index in [9.17, 15) is 9.59 Å². The van der Waals surface area contributed by atoms with Gasteiger partial charge in [0.1, 0.15) is 28.7 Å². The van der Waals surface area contributed by atoms with Crippen molar-refractivity contribution in [1.29, 1.82) is 0 Å². The topological polar surface area (TPSA) is 127 Å². The normalized spacial score (nSPS) is 16.2. The van der Waals surface area contributed by atoms with Gasteiger partial charge in [-0.1, -0.05) is 6.07 Å². The number of pyridine rings is 2. The molecule has 1 amide bonds. The molecule has 0 radical (unpaired) electrons. The standard InChI is InChI=1S/C22H22N8O3/c1-13-11-33-12-14-7-16(22(32)29(10-14)18-5-3-4-6-24-18)27-17-8-19(23-2)30-20(28-17)15(9-25-30)21(31)26-13/h3-10,13,23H,11-12H2,1-2H3,(H,26,31)(H,27,28)/t13-/m1/s1. The monoisotopic (exact) mass is 446 g/mol. The molecule has 4 bridgehead atoms. The average Bonchev–Trinajstić information content (AvgIpc) is 3.24. The van der Waals surface area contributed by atoms with Gasteiger partial charge in [-0.15, -0.1) is 0 Å². The van der Waals surface area contributed by atoms with E-state index in [0.717, 1.165) is 5.56 Å². The van der Waals surface area contributed by atoms with Gasteiger partial charge in [0.15, 0.2) is 5.65 Å². The quantitative estimate of drug-likeness (QED) is 0.425. The summed E-state index contributed by atoms with van der Waals surface area (Å²) >= 11 is 0. The van der Waals surface area contributed by atoms with Gasteiger partial charge < -0.3 is 20.7 Å². The van der Waals surface area contributed by atoms with Crippen LogP contribution in [-0.4, -0.2) is 49.8 Å². The van der Waals surface area contributed by atoms with Crippen LogP contribution in [-0.2, 0) is 11.3 Å². The number of carbonyl (C=O) groups excluding carboxylic acids is 1. The maximum Gasteiger partial charge on any atom is 0.280 e. The van der Waals surface area contributed by atoms with Crippen molar-refractivity contribution in [3.63, 3.8) is 0 Å². The smallest absolute Gasteiger partial charge is 0.280 e. The van der Waals surface area contributed by atoms with Gasteiger partial charge >= 0.3 is 0 Å². The largest absolute Gasteiger partial charge is 0.375 e. The van der Waals surface area contributed by atoms with Crippen molar-refractivity contribution in [1.82, 2.24) is 29.5 Å². The fourth-order valence-corrected chi connectivity index (χ4v) is 3.67. The number of amides is 1. The second-order valence-corrected chi connectivity index (χ2v) is 7.71. The summed E-state index contributed by atoms with van der Waals surface area (Å²) < 4.78 is 8.84. The van der Waals surface area contributed by atoms with Crippen LogP contribution < -0.4 is 21.5 Å². The van der Waals surface area contributed by atoms with Crippen molar-refractivity contribution in [2.24, 2.45) is 0 Å². The molecule has 0 saturated carbocycles. The van der Waals surface area contributed by atoms with Gasteiger partial charge in [0, 0.05) is 31.5 Å². The van der Waals surface area contributed by atoms with E-state index >= 15 is 0 Å². The van der Waals surface area contributed by atoms with Gasteiger partial charge in [0.05, 0.1) is 19.4 Å². The molecule has 0 saturated heterocycles. The molecule has 4 aromatic rings. The number of aromatic nitrogens is 5. The van der Waals surface area contributed by atoms with Gasteiger partial charge in [-0.25, -0.2) is 9.97 Å². The molecule has 11 nitrogen and oxygen atoms in total. The molecule has 5 rings (SSSR count). The summed E-state index contributed by atoms with van der Waals surface area (Å²) in [5.74, 6) is 1.17. The molecule has 0 aliphatic carbocycles. The maximum absolute atomic E-state index is 13.3. The van der Waals surface area contributed by atoms with E-state index in [0.29, 0.717) is 34.4 Å². The maximum atomic E-state index is 13.3. The number of hydrogen-bond donors (Lipinski definition) is 3. The summed E-state index contributed by atoms with van der Waals surface area (Å²) in [5, 5.41) is 13.4. The number of nitrogens with one attached hydrogen (secondary N) is 3. The number of carbonyl (C=O) groups is 1. The van der Waals surface area contributed by atoms with Crippen LogP contribution in [0.3, 0.4) is 0 Å². The number of nitrogens with zero attached hydrogens (tertiary/aromatic N) is 5. The van der Waals surface area contributed by atoms with Crippen LogP contribution in [0.1, 0.15) is 22.8 Å². The summed E-state index contributed by atoms with van der Waals surface area (Å²) in [6, 6.07) is 8.56. The van der Waals surface area contributed by atoms with Gasteiger partial charge in [0.2, 0.25) is 0 Å². The Morgan fingerprint density at radius 2 is 2.12 bits per heavy atom. The summed E-state index contributed by atoms with van der Waals surface area (Å²) in [7, 11) is 1.74. The molecular weight excluding hydrogens is 424 g/mol. The van der Waals surface area contributed by atoms with Crippen LogP contribution in [0, 0.1) is 0 Å². The zero-order valence-electron chi connectivity index (χ0n) is 18.1. The highest BCUT2D eigenvalue weighted by Crippen LogP contribution is 2.22. The van der Waals surface area contributed by atoms with Crippen molar-refractivity contribution in [3.05, 3.63) is 70.4 Å². The van der Waals surface area contributed by atoms with E-state index in [1.165, 1.54) is 15.3 Å². The fourth-order valence-electron chi connectivity index (χ4n) is 3.67. The Morgan fingerprint density at radius 3 is 2.91 bits per heavy atom. The molecule has 168 valence electrons. The Labute approximate surface area is 188 Å². The zero-order valence-corrected chi connectivity index (χ0v) is 18.1. The van der Waals surface area contributed by atoms with Crippen molar-refractivity contribution >= 4 is 28.9 Å². The third-order valence-electron chi connectivity index (χ3n) is 5.22. The van der Waals surface area contributed by atoms with Gasteiger partial charge in [-0.05, 0) is 30.7 Å². The molecule has 0 spiro atoms. The first-order valence-corrected chi connectivity index (χ1v) is 10.4. The van der Waals surface area contributed by atoms with E-state index in [-0.39, 0.29) is 30.7 Å². The molecule has 4 aromatic heterocycles. The van der Waals surface area contributed by atoms with Crippen LogP contribution >= 0.6 is 0 Å². The molecule has 3 N–H and O–H groups in total. The Hall–Kier alpha value is -4.25. The lowest BCUT2D eigenvalue weighted by atomic mass is 10.2. The zero-order chi connectivity index (χ0) is 22.9. The predicted octanol–water partition coefficient (Wildman–Crippen LogP) is 1.71. The summed E-state index contributed by atoms with van der Waals surface area (Å²) in [5.41, 5.74) is 1.44. The molecule has 0 unspecified atom stereocenters. The second kappa shape index (κ2) is 8.36. The van der Waals surface area contributed by atoms with Crippen molar-refractivity contribution < 1.29 is 9.53 Å². The minimum absolute atomic E-state index is 0.245. The number of anilines is 3. The highest BCUT2D eigenvalue weighted by atomic mass is 16.5. The van der Waals surface area contributed by atoms with E-state index in [2.05, 4.69) is 31.0 Å². The summed E-state index contributed by atoms with van der Waals surface area (Å²) in [4.78, 5) is 35.0. The van der Waals surface area contributed by atoms with Gasteiger partial charge in [0.25, 0.3) is 11.5 Å². The van der Waals surface area contributed by atoms with E-state index < -0.39 is 0 Å². The second-order valence-electron chi connectivity index (χ2n) is 7.71. The van der Waals surface area contributed by atoms with Gasteiger partial charge in [-0.2, -0.15) is 9.61 Å². The molecule has 33 heavy (non-hydrogen) atoms. The molecule has 1 atom stereocenters. The summed E-state index contributed by atoms with van der Waals surface area (Å²) in [6.07, 6.45) is 4.80. The van der Waals surface area contributed by atoms with Crippen LogP contribution in [0.5, 0.6) is 0 Å². The molecule has 1 aliphatic rings. The number of fused-ring (bicyclic) bond motifs is 3. The van der Waals surface area contributed by atoms with Crippen LogP contribution in [0.15, 0.2) is 53.7 Å². The average molecular weight is 446 g/mol. The van der Waals surface area contributed by atoms with Crippen molar-refractivity contribution in [2.45, 2.75) is 19.6 Å². The van der Waals surface area contributed by atoms with E-state index in [4.69, 9.17) is 4.74 Å². The Morgan fingerprint density at radius 1 is 1.24 bits per heavy atom. The SMILES string of the molecule is CNc1cc2nc3c(cnn13)C(=O)N[C@H](C)COCc1cc(c(=O)n(-c3ccccn3)c1)N2. The van der Waals surface area contributed by atoms with Gasteiger partial charge in [-0.3, -0.25) is 14.2 Å². The first-order chi connectivity index (χ1) is 16.0. The summed E-state index contributed by atoms with van der Waals surface area (Å²) in [6.45, 7) is 2.39. The minimum Gasteiger partial charge on any atom is -0.375 e. The van der Waals surface area contributed by atoms with Crippen LogP contribution in [0.25, 0.3) is 11.5 Å². The number of ether oxygens (including phenoxy) is 1. The van der Waals surface area contributed by atoms with Crippen molar-refractivity contribution in [3.8, 4) is 5.82 Å². The molecule has 1 aliphatic heterocycles. The number of hydrogen-bond acceptors (Lipinski definition) is 8. The highest BCUT2D eigenvalue weighted by Gasteiger charge is 2.20. The van der Waals surface area contributed by atoms with Crippen LogP contribution in [0.2, 0.25) is 0 Å². The molecule has 11 heteroatoms. The number of rotatable bonds is 2. The Kier molecular flexibility index (Phi) is 5.23. The predicted molar refractivity (Wildman–Crippen MR) is 122 cm³/mol. The third-order valence-corrected chi connectivity index (χ3v) is 5.22. The molecule has 0 aromatic carbocycles. The third kappa shape index (κ3) is 3.89. The Bertz CT molecular complexity index is 1400. The van der Waals surface area contributed by atoms with Crippen molar-refractivity contribution in [2.75, 3.05) is 24.3 Å². The van der Waals surface area contributed by atoms with E-state index in [1.807, 2.05) is 13.0 Å². The first kappa shape index (κ1) is 20.6. The fraction of sp³-hybridized carbons (Fsp3) is 0.227. The highest BCUT2D eigenvalue weighted by molar-refractivity contribution is 6.00. The molecule has 5 heterocycles. The first-order valence-electron chi connectivity index (χ1n) is 10.4. The molecule has 0 fully saturated rings. The molecular formula is C22H22N8O3. The minimum atomic E-state index is -0.305. The Balaban J connectivity index is 1.70. The lowest BCUT2D eigenvalue weighted by molar-refractivity contribution is 0.0820. The van der Waals surface area contributed by atoms with E-state index in [1.54, 1.807) is 43.7 Å². The van der Waals surface area contributed by atoms with Crippen LogP contribution in [0.4, 0.5) is 17.3 Å². The lowest BCUT2D eigenvalue weighted by Crippen LogP contribution is -2.36.